The molecule has 0 aliphatic carbocycles. The largest absolute Gasteiger partial charge is 0.457 e. The quantitative estimate of drug-likeness (QED) is 0.0184. The number of nitrogens with zero attached hydrogens (tertiary/aromatic N) is 1. The number of hydrogen-bond donors (Lipinski definition) is 0. The molecule has 1 aliphatic rings. The number of benzene rings is 14. The van der Waals surface area contributed by atoms with Crippen molar-refractivity contribution in [3.8, 4) is 46.0 Å². The molecule has 0 unspecified atom stereocenters. The van der Waals surface area contributed by atoms with Gasteiger partial charge in [0.15, 0.2) is 0 Å². The Balaban J connectivity index is 1.09. The van der Waals surface area contributed by atoms with Crippen LogP contribution in [0.3, 0.4) is 0 Å². The van der Waals surface area contributed by atoms with Crippen LogP contribution in [0.25, 0.3) is 81.0 Å². The van der Waals surface area contributed by atoms with Gasteiger partial charge >= 0.3 is 11.9 Å². The second kappa shape index (κ2) is 30.3. The van der Waals surface area contributed by atoms with Crippen LogP contribution in [0.15, 0.2) is 243 Å². The number of cyclic esters (lactones) is 2. The first-order chi connectivity index (χ1) is 56.2. The monoisotopic (exact) mass is 1590 g/mol. The zero-order valence-corrected chi connectivity index (χ0v) is 75.1. The SMILES string of the molecule is C=C(C)CC(C)(C)c1ccc(Oc2cc(N(c3ccc(C(C)(C)CC(=C)C)cc3)c3ccc(C(C)(C)CC(=C)C)cc3)c3ccc(Oc4ccc(C(C)(C)CC(C)(C)C)cc4)c4c5ccc6c7c(Oc8ccc(/C(C)=C/C(C)(C)C)cc8)cc8c9c(cc(Oc%10ccc(C(C)(C)CC(C)(C)C)cc%10)c(c%10ccc(c2c34)c5c6%10)c97)C(=O)OC8=O)cc1. The summed E-state index contributed by atoms with van der Waals surface area (Å²) < 4.78 is 35.9. The van der Waals surface area contributed by atoms with E-state index in [1.165, 1.54) is 27.8 Å². The molecule has 0 saturated carbocycles. The summed E-state index contributed by atoms with van der Waals surface area (Å²) in [4.78, 5) is 31.9. The van der Waals surface area contributed by atoms with Gasteiger partial charge in [-0.2, -0.15) is 0 Å². The highest BCUT2D eigenvalue weighted by atomic mass is 16.6. The molecule has 0 fully saturated rings. The lowest BCUT2D eigenvalue weighted by Gasteiger charge is -2.33. The maximum atomic E-state index is 14.8. The zero-order chi connectivity index (χ0) is 86.2. The first-order valence-electron chi connectivity index (χ1n) is 42.7. The van der Waals surface area contributed by atoms with Gasteiger partial charge in [-0.1, -0.05) is 251 Å². The van der Waals surface area contributed by atoms with E-state index in [2.05, 4.69) is 354 Å². The molecule has 15 rings (SSSR count). The van der Waals surface area contributed by atoms with Crippen LogP contribution in [-0.4, -0.2) is 11.9 Å². The third-order valence-corrected chi connectivity index (χ3v) is 24.4. The van der Waals surface area contributed by atoms with Crippen LogP contribution < -0.4 is 23.8 Å². The number of anilines is 3. The summed E-state index contributed by atoms with van der Waals surface area (Å²) in [5.41, 5.74) is 14.1. The van der Waals surface area contributed by atoms with Gasteiger partial charge in [0.05, 0.1) is 16.8 Å². The Morgan fingerprint density at radius 2 is 0.625 bits per heavy atom. The zero-order valence-electron chi connectivity index (χ0n) is 75.1. The molecule has 1 heterocycles. The van der Waals surface area contributed by atoms with Gasteiger partial charge in [0.25, 0.3) is 0 Å². The first-order valence-corrected chi connectivity index (χ1v) is 42.7. The highest BCUT2D eigenvalue weighted by Gasteiger charge is 2.38. The van der Waals surface area contributed by atoms with E-state index in [1.807, 2.05) is 24.3 Å². The fourth-order valence-electron chi connectivity index (χ4n) is 20.4. The van der Waals surface area contributed by atoms with Crippen LogP contribution in [0, 0.1) is 16.2 Å². The topological polar surface area (TPSA) is 83.5 Å². The summed E-state index contributed by atoms with van der Waals surface area (Å²) in [6.45, 7) is 64.8. The molecule has 0 radical (unpaired) electrons. The normalized spacial score (nSPS) is 13.5. The molecule has 0 bridgehead atoms. The molecule has 0 atom stereocenters. The van der Waals surface area contributed by atoms with Crippen molar-refractivity contribution >= 4 is 110 Å². The lowest BCUT2D eigenvalue weighted by Crippen LogP contribution is -2.24. The van der Waals surface area contributed by atoms with Crippen LogP contribution in [0.2, 0.25) is 0 Å². The van der Waals surface area contributed by atoms with Crippen LogP contribution in [0.1, 0.15) is 245 Å². The van der Waals surface area contributed by atoms with Crippen LogP contribution in [-0.2, 0) is 31.8 Å². The Morgan fingerprint density at radius 3 is 0.967 bits per heavy atom. The number of allylic oxidation sites excluding steroid dienone is 5. The molecule has 0 saturated heterocycles. The number of carbonyl (C=O) groups is 2. The van der Waals surface area contributed by atoms with Crippen molar-refractivity contribution in [1.29, 1.82) is 0 Å². The Labute approximate surface area is 711 Å². The van der Waals surface area contributed by atoms with Gasteiger partial charge in [0, 0.05) is 60.5 Å². The standard InChI is InChI=1S/C112H119NO7/c1-66(2)60-108(17,18)71-29-39-76(40-30-71)113(77-41-31-72(32-42-77)109(19,20)61-67(3)4)89-59-93(119-81-45-33-73(34-46-81)110(21,22)62-68(5)6)98-84-52-54-86-95-85(53-51-83(94(84)95)97-90(56-55-82(89)101(97)98)116-79-47-35-74(36-48-79)111(23,24)64-106(11,12)13)99-91(117-78-43-27-70(28-44-78)69(7)63-105(8,9)10)57-87-96-88(104(115)120-103(87)114)58-92(100(86)102(96)99)118-80-49-37-75(38-50-80)112(25,26)65-107(14,15)16/h27-59,63H,1,3,5,60-62,64-65H2,2,4,6-26H3/b69-63+. The van der Waals surface area contributed by atoms with E-state index in [-0.39, 0.29) is 54.4 Å². The maximum Gasteiger partial charge on any atom is 0.346 e. The lowest BCUT2D eigenvalue weighted by molar-refractivity contribution is 0.0390. The highest BCUT2D eigenvalue weighted by Crippen LogP contribution is 2.59. The fourth-order valence-corrected chi connectivity index (χ4v) is 20.4. The van der Waals surface area contributed by atoms with E-state index >= 15 is 0 Å². The number of esters is 2. The van der Waals surface area contributed by atoms with Crippen molar-refractivity contribution in [2.24, 2.45) is 16.2 Å². The van der Waals surface area contributed by atoms with E-state index in [1.54, 1.807) is 12.1 Å². The number of hydrogen-bond acceptors (Lipinski definition) is 8. The molecule has 0 spiro atoms. The molecule has 14 aromatic rings. The minimum atomic E-state index is -0.762. The van der Waals surface area contributed by atoms with E-state index in [0.717, 1.165) is 131 Å². The highest BCUT2D eigenvalue weighted by molar-refractivity contribution is 6.46. The summed E-state index contributed by atoms with van der Waals surface area (Å²) >= 11 is 0. The molecule has 0 aromatic heterocycles. The van der Waals surface area contributed by atoms with Gasteiger partial charge in [0.2, 0.25) is 0 Å². The predicted octanol–water partition coefficient (Wildman–Crippen LogP) is 33.2. The number of carbonyl (C=O) groups excluding carboxylic acids is 2. The van der Waals surface area contributed by atoms with Crippen LogP contribution in [0.4, 0.5) is 17.1 Å². The maximum absolute atomic E-state index is 14.8. The van der Waals surface area contributed by atoms with Gasteiger partial charge in [-0.05, 0) is 271 Å². The minimum Gasteiger partial charge on any atom is -0.457 e. The van der Waals surface area contributed by atoms with Gasteiger partial charge in [-0.3, -0.25) is 0 Å². The molecule has 8 heteroatoms. The first kappa shape index (κ1) is 83.6. The van der Waals surface area contributed by atoms with Crippen LogP contribution >= 0.6 is 0 Å². The Kier molecular flexibility index (Phi) is 21.1. The average molecular weight is 1590 g/mol. The number of rotatable bonds is 25. The van der Waals surface area contributed by atoms with Crippen molar-refractivity contribution in [1.82, 2.24) is 0 Å². The molecule has 14 aromatic carbocycles. The summed E-state index contributed by atoms with van der Waals surface area (Å²) in [6.07, 6.45) is 6.71. The van der Waals surface area contributed by atoms with Gasteiger partial charge in [-0.25, -0.2) is 9.59 Å². The molecule has 8 nitrogen and oxygen atoms in total. The number of fused-ring (bicyclic) bond motifs is 4. The smallest absolute Gasteiger partial charge is 0.346 e. The summed E-state index contributed by atoms with van der Waals surface area (Å²) in [7, 11) is 0. The Bertz CT molecular complexity index is 6370. The third kappa shape index (κ3) is 16.3. The average Bonchev–Trinajstić information content (AvgIpc) is 0.672. The van der Waals surface area contributed by atoms with Crippen molar-refractivity contribution in [3.63, 3.8) is 0 Å². The third-order valence-electron chi connectivity index (χ3n) is 24.4. The van der Waals surface area contributed by atoms with E-state index in [0.29, 0.717) is 67.5 Å². The Morgan fingerprint density at radius 1 is 0.325 bits per heavy atom. The van der Waals surface area contributed by atoms with Gasteiger partial charge < -0.3 is 28.6 Å². The second-order valence-corrected chi connectivity index (χ2v) is 41.6. The van der Waals surface area contributed by atoms with Gasteiger partial charge in [0.1, 0.15) is 46.0 Å². The fraction of sp³-hybridized carbons (Fsp3) is 0.321. The summed E-state index contributed by atoms with van der Waals surface area (Å²) in [6, 6.07) is 71.1. The molecule has 0 amide bonds. The number of ether oxygens (including phenoxy) is 5. The summed E-state index contributed by atoms with van der Waals surface area (Å²) in [5.74, 6) is 3.03. The lowest BCUT2D eigenvalue weighted by atomic mass is 9.72. The van der Waals surface area contributed by atoms with Crippen molar-refractivity contribution < 1.29 is 33.3 Å². The molecule has 0 N–H and O–H groups in total. The molecule has 120 heavy (non-hydrogen) atoms. The van der Waals surface area contributed by atoms with Crippen molar-refractivity contribution in [2.75, 3.05) is 4.90 Å². The minimum absolute atomic E-state index is 0.0497. The van der Waals surface area contributed by atoms with E-state index in [9.17, 15) is 9.59 Å². The van der Waals surface area contributed by atoms with E-state index < -0.39 is 11.9 Å². The molecular weight excluding hydrogens is 1470 g/mol. The van der Waals surface area contributed by atoms with Gasteiger partial charge in [-0.15, -0.1) is 19.7 Å². The van der Waals surface area contributed by atoms with Crippen molar-refractivity contribution in [2.45, 2.75) is 218 Å². The molecular formula is C112H119NO7. The van der Waals surface area contributed by atoms with Crippen LogP contribution in [0.5, 0.6) is 46.0 Å². The second-order valence-electron chi connectivity index (χ2n) is 41.6. The van der Waals surface area contributed by atoms with Crippen molar-refractivity contribution in [3.05, 3.63) is 287 Å². The molecule has 614 valence electrons. The molecule has 1 aliphatic heterocycles. The van der Waals surface area contributed by atoms with E-state index in [4.69, 9.17) is 23.7 Å². The summed E-state index contributed by atoms with van der Waals surface area (Å²) in [5, 5.41) is 11.5. The Hall–Kier alpha value is -11.5. The predicted molar refractivity (Wildman–Crippen MR) is 507 cm³/mol.